The second-order valence-electron chi connectivity index (χ2n) is 4.39. The van der Waals surface area contributed by atoms with Crippen molar-refractivity contribution in [2.24, 2.45) is 11.1 Å². The summed E-state index contributed by atoms with van der Waals surface area (Å²) in [4.78, 5) is 0. The summed E-state index contributed by atoms with van der Waals surface area (Å²) >= 11 is 0. The highest BCUT2D eigenvalue weighted by molar-refractivity contribution is 4.68. The number of nitrogens with two attached hydrogens (primary N) is 1. The van der Waals surface area contributed by atoms with Gasteiger partial charge < -0.3 is 10.5 Å². The van der Waals surface area contributed by atoms with Gasteiger partial charge in [-0.1, -0.05) is 13.8 Å². The van der Waals surface area contributed by atoms with Gasteiger partial charge in [-0.25, -0.2) is 0 Å². The van der Waals surface area contributed by atoms with Crippen LogP contribution in [0.2, 0.25) is 0 Å². The third-order valence-electron chi connectivity index (χ3n) is 2.00. The third kappa shape index (κ3) is 6.62. The molecule has 0 aliphatic rings. The first kappa shape index (κ1) is 11.9. The van der Waals surface area contributed by atoms with Crippen molar-refractivity contribution in [3.63, 3.8) is 0 Å². The lowest BCUT2D eigenvalue weighted by atomic mass is 9.88. The molecular weight excluding hydrogens is 150 g/mol. The van der Waals surface area contributed by atoms with Crippen LogP contribution in [0.4, 0.5) is 0 Å². The molecule has 2 heteroatoms. The fourth-order valence-corrected chi connectivity index (χ4v) is 0.972. The lowest BCUT2D eigenvalue weighted by molar-refractivity contribution is 0.0705. The van der Waals surface area contributed by atoms with Gasteiger partial charge in [0.05, 0.1) is 6.10 Å². The molecule has 0 heterocycles. The zero-order valence-corrected chi connectivity index (χ0v) is 8.89. The first-order valence-corrected chi connectivity index (χ1v) is 4.79. The Hall–Kier alpha value is -0.0800. The van der Waals surface area contributed by atoms with Crippen LogP contribution in [0.25, 0.3) is 0 Å². The summed E-state index contributed by atoms with van der Waals surface area (Å²) in [6.07, 6.45) is 2.62. The van der Waals surface area contributed by atoms with Gasteiger partial charge in [0.25, 0.3) is 0 Å². The minimum absolute atomic E-state index is 0.278. The van der Waals surface area contributed by atoms with Gasteiger partial charge in [0, 0.05) is 6.61 Å². The predicted octanol–water partition coefficient (Wildman–Crippen LogP) is 2.18. The van der Waals surface area contributed by atoms with Crippen molar-refractivity contribution in [3.05, 3.63) is 0 Å². The summed E-state index contributed by atoms with van der Waals surface area (Å²) < 4.78 is 5.44. The monoisotopic (exact) mass is 173 g/mol. The number of ether oxygens (including phenoxy) is 1. The molecule has 0 amide bonds. The number of hydrogen-bond donors (Lipinski definition) is 1. The Bertz CT molecular complexity index is 110. The van der Waals surface area contributed by atoms with Crippen LogP contribution < -0.4 is 5.73 Å². The van der Waals surface area contributed by atoms with Gasteiger partial charge in [0.2, 0.25) is 0 Å². The van der Waals surface area contributed by atoms with E-state index in [1.807, 2.05) is 0 Å². The molecule has 0 rings (SSSR count). The molecule has 0 aliphatic heterocycles. The smallest absolute Gasteiger partial charge is 0.0518 e. The third-order valence-corrected chi connectivity index (χ3v) is 2.00. The van der Waals surface area contributed by atoms with Gasteiger partial charge in [-0.2, -0.15) is 0 Å². The Morgan fingerprint density at radius 1 is 1.33 bits per heavy atom. The summed E-state index contributed by atoms with van der Waals surface area (Å²) in [6.45, 7) is 10.1. The zero-order valence-electron chi connectivity index (χ0n) is 8.89. The highest BCUT2D eigenvalue weighted by Crippen LogP contribution is 2.19. The summed E-state index contributed by atoms with van der Waals surface area (Å²) in [5.41, 5.74) is 5.89. The maximum Gasteiger partial charge on any atom is 0.0518 e. The summed E-state index contributed by atoms with van der Waals surface area (Å²) in [7, 11) is 0. The number of hydrogen-bond acceptors (Lipinski definition) is 2. The highest BCUT2D eigenvalue weighted by atomic mass is 16.5. The van der Waals surface area contributed by atoms with Crippen LogP contribution in [0.15, 0.2) is 0 Å². The Kier molecular flexibility index (Phi) is 5.51. The van der Waals surface area contributed by atoms with Crippen molar-refractivity contribution in [2.75, 3.05) is 13.2 Å². The van der Waals surface area contributed by atoms with Gasteiger partial charge in [-0.15, -0.1) is 0 Å². The summed E-state index contributed by atoms with van der Waals surface area (Å²) in [5.74, 6) is 0. The molecule has 2 nitrogen and oxygen atoms in total. The molecule has 0 saturated carbocycles. The summed E-state index contributed by atoms with van der Waals surface area (Å²) in [5, 5.41) is 0. The molecule has 0 atom stereocenters. The average molecular weight is 173 g/mol. The SMILES string of the molecule is CC(C)OCCCC(C)(C)CN. The maximum atomic E-state index is 5.61. The Morgan fingerprint density at radius 3 is 2.33 bits per heavy atom. The molecule has 0 spiro atoms. The van der Waals surface area contributed by atoms with Crippen LogP contribution in [0.3, 0.4) is 0 Å². The van der Waals surface area contributed by atoms with Crippen molar-refractivity contribution >= 4 is 0 Å². The van der Waals surface area contributed by atoms with Crippen LogP contribution >= 0.6 is 0 Å². The highest BCUT2D eigenvalue weighted by Gasteiger charge is 2.14. The van der Waals surface area contributed by atoms with Crippen LogP contribution in [0.1, 0.15) is 40.5 Å². The van der Waals surface area contributed by atoms with Crippen LogP contribution in [-0.4, -0.2) is 19.3 Å². The van der Waals surface area contributed by atoms with Gasteiger partial charge in [-0.05, 0) is 38.6 Å². The Labute approximate surface area is 76.5 Å². The predicted molar refractivity (Wildman–Crippen MR) is 53.2 cm³/mol. The Morgan fingerprint density at radius 2 is 1.92 bits per heavy atom. The van der Waals surface area contributed by atoms with E-state index in [2.05, 4.69) is 27.7 Å². The first-order chi connectivity index (χ1) is 5.48. The van der Waals surface area contributed by atoms with E-state index in [0.717, 1.165) is 26.0 Å². The van der Waals surface area contributed by atoms with Crippen molar-refractivity contribution < 1.29 is 4.74 Å². The number of rotatable bonds is 6. The molecule has 0 aliphatic carbocycles. The van der Waals surface area contributed by atoms with Crippen LogP contribution in [0, 0.1) is 5.41 Å². The van der Waals surface area contributed by atoms with Crippen LogP contribution in [0.5, 0.6) is 0 Å². The molecule has 0 saturated heterocycles. The summed E-state index contributed by atoms with van der Waals surface area (Å²) in [6, 6.07) is 0. The lowest BCUT2D eigenvalue weighted by Gasteiger charge is -2.22. The zero-order chi connectivity index (χ0) is 9.61. The minimum Gasteiger partial charge on any atom is -0.379 e. The fourth-order valence-electron chi connectivity index (χ4n) is 0.972. The first-order valence-electron chi connectivity index (χ1n) is 4.79. The lowest BCUT2D eigenvalue weighted by Crippen LogP contribution is -2.23. The molecule has 12 heavy (non-hydrogen) atoms. The van der Waals surface area contributed by atoms with E-state index in [1.54, 1.807) is 0 Å². The van der Waals surface area contributed by atoms with Gasteiger partial charge in [0.1, 0.15) is 0 Å². The normalized spacial score (nSPS) is 12.5. The maximum absolute atomic E-state index is 5.61. The van der Waals surface area contributed by atoms with E-state index in [1.165, 1.54) is 0 Å². The Balaban J connectivity index is 3.31. The van der Waals surface area contributed by atoms with E-state index < -0.39 is 0 Å². The largest absolute Gasteiger partial charge is 0.379 e. The molecule has 0 aromatic carbocycles. The van der Waals surface area contributed by atoms with Crippen molar-refractivity contribution in [2.45, 2.75) is 46.6 Å². The standard InChI is InChI=1S/C10H23NO/c1-9(2)12-7-5-6-10(3,4)8-11/h9H,5-8,11H2,1-4H3. The van der Waals surface area contributed by atoms with E-state index in [-0.39, 0.29) is 5.41 Å². The fraction of sp³-hybridized carbons (Fsp3) is 1.00. The molecule has 0 bridgehead atoms. The van der Waals surface area contributed by atoms with E-state index in [9.17, 15) is 0 Å². The topological polar surface area (TPSA) is 35.2 Å². The van der Waals surface area contributed by atoms with E-state index >= 15 is 0 Å². The van der Waals surface area contributed by atoms with Gasteiger partial charge in [-0.3, -0.25) is 0 Å². The molecule has 0 aromatic heterocycles. The van der Waals surface area contributed by atoms with Crippen molar-refractivity contribution in [1.82, 2.24) is 0 Å². The quantitative estimate of drug-likeness (QED) is 0.625. The molecule has 0 aromatic rings. The molecule has 74 valence electrons. The van der Waals surface area contributed by atoms with Crippen molar-refractivity contribution in [3.8, 4) is 0 Å². The van der Waals surface area contributed by atoms with Crippen LogP contribution in [-0.2, 0) is 4.74 Å². The van der Waals surface area contributed by atoms with Gasteiger partial charge >= 0.3 is 0 Å². The molecule has 0 fully saturated rings. The molecule has 2 N–H and O–H groups in total. The average Bonchev–Trinajstić information content (AvgIpc) is 1.98. The van der Waals surface area contributed by atoms with E-state index in [0.29, 0.717) is 6.10 Å². The van der Waals surface area contributed by atoms with Gasteiger partial charge in [0.15, 0.2) is 0 Å². The van der Waals surface area contributed by atoms with E-state index in [4.69, 9.17) is 10.5 Å². The molecule has 0 unspecified atom stereocenters. The molecule has 0 radical (unpaired) electrons. The second-order valence-corrected chi connectivity index (χ2v) is 4.39. The van der Waals surface area contributed by atoms with Crippen molar-refractivity contribution in [1.29, 1.82) is 0 Å². The molecular formula is C10H23NO. The minimum atomic E-state index is 0.278. The second kappa shape index (κ2) is 5.55.